The summed E-state index contributed by atoms with van der Waals surface area (Å²) in [6, 6.07) is 0.709. The Morgan fingerprint density at radius 3 is 2.25 bits per heavy atom. The Kier molecular flexibility index (Phi) is 2.23. The summed E-state index contributed by atoms with van der Waals surface area (Å²) in [5.41, 5.74) is 9.86. The number of nitrogens with two attached hydrogens (primary N) is 2. The van der Waals surface area contributed by atoms with Crippen LogP contribution >= 0.6 is 0 Å². The lowest BCUT2D eigenvalue weighted by Gasteiger charge is -2.05. The molecule has 0 aromatic heterocycles. The van der Waals surface area contributed by atoms with Gasteiger partial charge in [0.1, 0.15) is 0 Å². The monoisotopic (exact) mass is 176 g/mol. The zero-order chi connectivity index (χ0) is 9.30. The molecule has 0 bridgehead atoms. The molecule has 2 nitrogen and oxygen atoms in total. The molecule has 0 unspecified atom stereocenters. The van der Waals surface area contributed by atoms with E-state index in [9.17, 15) is 13.2 Å². The summed E-state index contributed by atoms with van der Waals surface area (Å²) < 4.78 is 37.7. The minimum absolute atomic E-state index is 0.172. The predicted octanol–water partition coefficient (Wildman–Crippen LogP) is 1.14. The van der Waals surface area contributed by atoms with E-state index < -0.39 is 17.5 Å². The highest BCUT2D eigenvalue weighted by molar-refractivity contribution is 5.48. The molecule has 0 aliphatic carbocycles. The third-order valence-corrected chi connectivity index (χ3v) is 1.50. The fourth-order valence-corrected chi connectivity index (χ4v) is 0.858. The van der Waals surface area contributed by atoms with Gasteiger partial charge in [-0.25, -0.2) is 13.2 Å². The van der Waals surface area contributed by atoms with Gasteiger partial charge in [-0.1, -0.05) is 0 Å². The number of anilines is 1. The number of benzene rings is 1. The van der Waals surface area contributed by atoms with Crippen LogP contribution in [0.3, 0.4) is 0 Å². The molecule has 0 fully saturated rings. The van der Waals surface area contributed by atoms with Gasteiger partial charge < -0.3 is 11.5 Å². The largest absolute Gasteiger partial charge is 0.398 e. The van der Waals surface area contributed by atoms with Gasteiger partial charge in [0.05, 0.1) is 0 Å². The van der Waals surface area contributed by atoms with Crippen LogP contribution in [0.4, 0.5) is 18.9 Å². The molecule has 0 spiro atoms. The van der Waals surface area contributed by atoms with Crippen molar-refractivity contribution in [1.29, 1.82) is 0 Å². The van der Waals surface area contributed by atoms with Crippen molar-refractivity contribution < 1.29 is 13.2 Å². The third-order valence-electron chi connectivity index (χ3n) is 1.50. The van der Waals surface area contributed by atoms with E-state index in [2.05, 4.69) is 0 Å². The van der Waals surface area contributed by atoms with Crippen molar-refractivity contribution in [3.8, 4) is 0 Å². The fraction of sp³-hybridized carbons (Fsp3) is 0.143. The van der Waals surface area contributed by atoms with Crippen molar-refractivity contribution in [2.75, 3.05) is 5.73 Å². The van der Waals surface area contributed by atoms with Crippen LogP contribution in [0, 0.1) is 17.5 Å². The zero-order valence-corrected chi connectivity index (χ0v) is 6.07. The van der Waals surface area contributed by atoms with E-state index in [4.69, 9.17) is 11.5 Å². The smallest absolute Gasteiger partial charge is 0.194 e. The molecule has 0 saturated heterocycles. The molecule has 12 heavy (non-hydrogen) atoms. The molecule has 5 heteroatoms. The summed E-state index contributed by atoms with van der Waals surface area (Å²) >= 11 is 0. The van der Waals surface area contributed by atoms with Crippen LogP contribution in [0.25, 0.3) is 0 Å². The van der Waals surface area contributed by atoms with Crippen molar-refractivity contribution in [3.05, 3.63) is 29.1 Å². The molecule has 0 saturated carbocycles. The van der Waals surface area contributed by atoms with Crippen LogP contribution in [0.1, 0.15) is 5.56 Å². The highest BCUT2D eigenvalue weighted by Crippen LogP contribution is 2.20. The first kappa shape index (κ1) is 8.86. The highest BCUT2D eigenvalue weighted by Gasteiger charge is 2.15. The molecule has 0 aliphatic rings. The van der Waals surface area contributed by atoms with E-state index in [0.29, 0.717) is 6.07 Å². The number of nitrogen functional groups attached to an aromatic ring is 1. The van der Waals surface area contributed by atoms with Gasteiger partial charge in [-0.2, -0.15) is 0 Å². The number of halogens is 3. The van der Waals surface area contributed by atoms with Gasteiger partial charge in [0, 0.05) is 23.9 Å². The van der Waals surface area contributed by atoms with Crippen molar-refractivity contribution in [2.45, 2.75) is 6.54 Å². The molecule has 0 amide bonds. The molecule has 0 heterocycles. The lowest BCUT2D eigenvalue weighted by molar-refractivity contribution is 0.442. The van der Waals surface area contributed by atoms with E-state index in [1.807, 2.05) is 0 Å². The zero-order valence-electron chi connectivity index (χ0n) is 6.07. The number of hydrogen-bond donors (Lipinski definition) is 2. The summed E-state index contributed by atoms with van der Waals surface area (Å²) in [7, 11) is 0. The predicted molar refractivity (Wildman–Crippen MR) is 38.6 cm³/mol. The van der Waals surface area contributed by atoms with E-state index in [0.717, 1.165) is 0 Å². The van der Waals surface area contributed by atoms with Crippen molar-refractivity contribution in [1.82, 2.24) is 0 Å². The van der Waals surface area contributed by atoms with Gasteiger partial charge in [-0.15, -0.1) is 0 Å². The van der Waals surface area contributed by atoms with E-state index in [-0.39, 0.29) is 17.8 Å². The molecule has 1 aromatic carbocycles. The molecule has 4 N–H and O–H groups in total. The summed E-state index contributed by atoms with van der Waals surface area (Å²) in [5, 5.41) is 0. The molecule has 0 radical (unpaired) electrons. The Hall–Kier alpha value is -1.23. The summed E-state index contributed by atoms with van der Waals surface area (Å²) in [6.45, 7) is -0.255. The van der Waals surface area contributed by atoms with Crippen LogP contribution in [-0.2, 0) is 6.54 Å². The maximum atomic E-state index is 12.7. The van der Waals surface area contributed by atoms with Crippen LogP contribution in [0.15, 0.2) is 6.07 Å². The minimum atomic E-state index is -1.54. The molecule has 0 atom stereocenters. The maximum absolute atomic E-state index is 12.7. The average Bonchev–Trinajstić information content (AvgIpc) is 2.01. The fourth-order valence-electron chi connectivity index (χ4n) is 0.858. The lowest BCUT2D eigenvalue weighted by atomic mass is 10.1. The summed E-state index contributed by atoms with van der Waals surface area (Å²) in [4.78, 5) is 0. The van der Waals surface area contributed by atoms with E-state index in [1.165, 1.54) is 0 Å². The van der Waals surface area contributed by atoms with Gasteiger partial charge in [0.2, 0.25) is 0 Å². The Bertz CT molecular complexity index is 312. The molecule has 66 valence electrons. The second-order valence-corrected chi connectivity index (χ2v) is 2.26. The van der Waals surface area contributed by atoms with Crippen LogP contribution in [0.2, 0.25) is 0 Å². The second-order valence-electron chi connectivity index (χ2n) is 2.26. The molecule has 0 aliphatic heterocycles. The third kappa shape index (κ3) is 1.23. The van der Waals surface area contributed by atoms with Crippen molar-refractivity contribution in [3.63, 3.8) is 0 Å². The van der Waals surface area contributed by atoms with Gasteiger partial charge in [0.25, 0.3) is 0 Å². The van der Waals surface area contributed by atoms with Gasteiger partial charge in [0.15, 0.2) is 17.5 Å². The normalized spacial score (nSPS) is 10.3. The van der Waals surface area contributed by atoms with E-state index >= 15 is 0 Å². The summed E-state index contributed by atoms with van der Waals surface area (Å²) in [5.74, 6) is -4.15. The Morgan fingerprint density at radius 1 is 1.17 bits per heavy atom. The molecule has 1 aromatic rings. The lowest BCUT2D eigenvalue weighted by Crippen LogP contribution is -2.08. The van der Waals surface area contributed by atoms with Crippen LogP contribution in [0.5, 0.6) is 0 Å². The quantitative estimate of drug-likeness (QED) is 0.498. The van der Waals surface area contributed by atoms with Crippen LogP contribution in [-0.4, -0.2) is 0 Å². The van der Waals surface area contributed by atoms with Crippen molar-refractivity contribution in [2.24, 2.45) is 5.73 Å². The first-order chi connectivity index (χ1) is 5.57. The maximum Gasteiger partial charge on any atom is 0.194 e. The molecule has 1 rings (SSSR count). The first-order valence-corrected chi connectivity index (χ1v) is 3.19. The van der Waals surface area contributed by atoms with E-state index in [1.54, 1.807) is 0 Å². The first-order valence-electron chi connectivity index (χ1n) is 3.19. The highest BCUT2D eigenvalue weighted by atomic mass is 19.2. The average molecular weight is 176 g/mol. The van der Waals surface area contributed by atoms with Gasteiger partial charge >= 0.3 is 0 Å². The van der Waals surface area contributed by atoms with Gasteiger partial charge in [-0.05, 0) is 0 Å². The SMILES string of the molecule is NCc1c(N)cc(F)c(F)c1F. The Balaban J connectivity index is 3.40. The topological polar surface area (TPSA) is 52.0 Å². The number of rotatable bonds is 1. The minimum Gasteiger partial charge on any atom is -0.398 e. The molecular weight excluding hydrogens is 169 g/mol. The summed E-state index contributed by atoms with van der Waals surface area (Å²) in [6.07, 6.45) is 0. The Labute approximate surface area is 67.0 Å². The number of hydrogen-bond acceptors (Lipinski definition) is 2. The van der Waals surface area contributed by atoms with Crippen molar-refractivity contribution >= 4 is 5.69 Å². The van der Waals surface area contributed by atoms with Crippen LogP contribution < -0.4 is 11.5 Å². The Morgan fingerprint density at radius 2 is 1.75 bits per heavy atom. The second kappa shape index (κ2) is 3.02. The molecular formula is C7H7F3N2. The standard InChI is InChI=1S/C7H7F3N2/c8-4-1-5(12)3(2-11)6(9)7(4)10/h1H,2,11-12H2. The van der Waals surface area contributed by atoms with Gasteiger partial charge in [-0.3, -0.25) is 0 Å².